The number of carbonyl (C=O) groups excluding carboxylic acids is 2. The number of fused-ring (bicyclic) bond motifs is 1. The number of piperidine rings is 1. The number of Topliss-reactive ketones (excluding diaryl/α,β-unsaturated/α-hetero) is 1. The van der Waals surface area contributed by atoms with Gasteiger partial charge in [-0.25, -0.2) is 4.98 Å². The Labute approximate surface area is 226 Å². The summed E-state index contributed by atoms with van der Waals surface area (Å²) in [5, 5.41) is 9.15. The molecule has 0 unspecified atom stereocenters. The van der Waals surface area contributed by atoms with Crippen molar-refractivity contribution in [1.29, 1.82) is 5.26 Å². The molecule has 0 aliphatic carbocycles. The number of halogens is 3. The molecule has 1 aliphatic heterocycles. The average Bonchev–Trinajstić information content (AvgIpc) is 3.22. The first-order valence-electron chi connectivity index (χ1n) is 13.1. The molecule has 0 spiro atoms. The van der Waals surface area contributed by atoms with Crippen molar-refractivity contribution >= 4 is 22.7 Å². The number of ketones is 1. The molecule has 6 nitrogen and oxygen atoms in total. The summed E-state index contributed by atoms with van der Waals surface area (Å²) in [6.45, 7) is 8.93. The van der Waals surface area contributed by atoms with E-state index in [2.05, 4.69) is 4.98 Å². The number of amides is 1. The zero-order valence-corrected chi connectivity index (χ0v) is 22.9. The van der Waals surface area contributed by atoms with Crippen LogP contribution in [0.4, 0.5) is 13.2 Å². The summed E-state index contributed by atoms with van der Waals surface area (Å²) in [4.78, 5) is 32.1. The minimum absolute atomic E-state index is 0.0221. The Balaban J connectivity index is 1.69. The van der Waals surface area contributed by atoms with Gasteiger partial charge in [-0.05, 0) is 47.4 Å². The number of pyridine rings is 1. The quantitative estimate of drug-likeness (QED) is 0.358. The smallest absolute Gasteiger partial charge is 0.342 e. The maximum Gasteiger partial charge on any atom is 0.417 e. The molecule has 0 N–H and O–H groups in total. The molecular weight excluding hydrogens is 505 g/mol. The number of benzene rings is 1. The summed E-state index contributed by atoms with van der Waals surface area (Å²) in [6, 6.07) is 7.88. The molecule has 39 heavy (non-hydrogen) atoms. The normalized spacial score (nSPS) is 15.8. The topological polar surface area (TPSA) is 79.0 Å². The van der Waals surface area contributed by atoms with Crippen LogP contribution in [0.2, 0.25) is 0 Å². The van der Waals surface area contributed by atoms with Gasteiger partial charge in [-0.15, -0.1) is 0 Å². The Bertz CT molecular complexity index is 1450. The SMILES string of the molecule is C[C@@H](C(=O)N1CCC(c2cn(C)c3ncc(CC(=O)c4cccc(C#N)c4)c(C(F)(F)F)c23)CC1)C(C)(C)C. The van der Waals surface area contributed by atoms with E-state index in [4.69, 9.17) is 5.26 Å². The number of hydrogen-bond acceptors (Lipinski definition) is 4. The molecule has 3 aromatic rings. The van der Waals surface area contributed by atoms with Gasteiger partial charge >= 0.3 is 6.18 Å². The molecule has 0 radical (unpaired) electrons. The number of likely N-dealkylation sites (tertiary alicyclic amines) is 1. The highest BCUT2D eigenvalue weighted by Crippen LogP contribution is 2.43. The summed E-state index contributed by atoms with van der Waals surface area (Å²) in [5.41, 5.74) is -0.0200. The van der Waals surface area contributed by atoms with Crippen LogP contribution in [0.5, 0.6) is 0 Å². The molecule has 4 rings (SSSR count). The minimum atomic E-state index is -4.71. The van der Waals surface area contributed by atoms with Crippen molar-refractivity contribution in [3.63, 3.8) is 0 Å². The van der Waals surface area contributed by atoms with Gasteiger partial charge in [0.25, 0.3) is 0 Å². The Morgan fingerprint density at radius 2 is 1.85 bits per heavy atom. The Hall–Kier alpha value is -3.67. The van der Waals surface area contributed by atoms with E-state index in [-0.39, 0.29) is 50.9 Å². The third-order valence-corrected chi connectivity index (χ3v) is 7.96. The van der Waals surface area contributed by atoms with E-state index in [9.17, 15) is 22.8 Å². The van der Waals surface area contributed by atoms with Crippen LogP contribution in [0.1, 0.15) is 79.1 Å². The van der Waals surface area contributed by atoms with Gasteiger partial charge in [-0.3, -0.25) is 9.59 Å². The van der Waals surface area contributed by atoms with Crippen molar-refractivity contribution in [2.75, 3.05) is 13.1 Å². The number of nitrogens with zero attached hydrogens (tertiary/aromatic N) is 4. The first kappa shape index (κ1) is 28.3. The van der Waals surface area contributed by atoms with E-state index in [1.165, 1.54) is 24.3 Å². The fourth-order valence-electron chi connectivity index (χ4n) is 5.28. The summed E-state index contributed by atoms with van der Waals surface area (Å²) in [7, 11) is 1.67. The standard InChI is InChI=1S/C30H33F3N4O2/c1-18(29(2,3)4)28(39)37-11-9-20(10-12-37)23-17-36(5)27-25(23)26(30(31,32)33)22(16-35-27)14-24(38)21-8-6-7-19(13-21)15-34/h6-8,13,16-18,20H,9-12,14H2,1-5H3/t18-/m0/s1. The Kier molecular flexibility index (Phi) is 7.61. The van der Waals surface area contributed by atoms with E-state index < -0.39 is 23.9 Å². The molecule has 1 aliphatic rings. The number of aromatic nitrogens is 2. The van der Waals surface area contributed by atoms with E-state index in [0.29, 0.717) is 31.5 Å². The maximum atomic E-state index is 14.6. The number of rotatable bonds is 5. The summed E-state index contributed by atoms with van der Waals surface area (Å²) in [6.07, 6.45) is -1.27. The van der Waals surface area contributed by atoms with Crippen LogP contribution in [0, 0.1) is 22.7 Å². The largest absolute Gasteiger partial charge is 0.417 e. The molecule has 2 aromatic heterocycles. The molecule has 1 amide bonds. The van der Waals surface area contributed by atoms with Crippen LogP contribution < -0.4 is 0 Å². The molecule has 1 aromatic carbocycles. The summed E-state index contributed by atoms with van der Waals surface area (Å²) >= 11 is 0. The third-order valence-electron chi connectivity index (χ3n) is 7.96. The molecular formula is C30H33F3N4O2. The van der Waals surface area contributed by atoms with Crippen molar-refractivity contribution in [2.45, 2.75) is 59.1 Å². The summed E-state index contributed by atoms with van der Waals surface area (Å²) in [5.74, 6) is -0.792. The summed E-state index contributed by atoms with van der Waals surface area (Å²) < 4.78 is 45.5. The number of carbonyl (C=O) groups is 2. The molecule has 1 atom stereocenters. The lowest BCUT2D eigenvalue weighted by atomic mass is 9.80. The van der Waals surface area contributed by atoms with Gasteiger partial charge < -0.3 is 9.47 Å². The number of hydrogen-bond donors (Lipinski definition) is 0. The highest BCUT2D eigenvalue weighted by atomic mass is 19.4. The van der Waals surface area contributed by atoms with E-state index in [0.717, 1.165) is 6.20 Å². The Morgan fingerprint density at radius 3 is 2.44 bits per heavy atom. The third kappa shape index (κ3) is 5.70. The second-order valence-corrected chi connectivity index (χ2v) is 11.5. The lowest BCUT2D eigenvalue weighted by Crippen LogP contribution is -2.43. The fourth-order valence-corrected chi connectivity index (χ4v) is 5.28. The van der Waals surface area contributed by atoms with Crippen molar-refractivity contribution in [3.8, 4) is 6.07 Å². The van der Waals surface area contributed by atoms with Crippen LogP contribution in [0.25, 0.3) is 11.0 Å². The van der Waals surface area contributed by atoms with Crippen LogP contribution in [-0.4, -0.2) is 39.2 Å². The molecule has 0 bridgehead atoms. The number of nitriles is 1. The van der Waals surface area contributed by atoms with Crippen LogP contribution in [0.15, 0.2) is 36.7 Å². The van der Waals surface area contributed by atoms with Gasteiger partial charge in [0.1, 0.15) is 5.65 Å². The fraction of sp³-hybridized carbons (Fsp3) is 0.467. The average molecular weight is 539 g/mol. The maximum absolute atomic E-state index is 14.6. The molecule has 3 heterocycles. The zero-order chi connectivity index (χ0) is 28.7. The highest BCUT2D eigenvalue weighted by molar-refractivity contribution is 5.99. The molecule has 206 valence electrons. The molecule has 1 fully saturated rings. The van der Waals surface area contributed by atoms with Gasteiger partial charge in [-0.2, -0.15) is 18.4 Å². The lowest BCUT2D eigenvalue weighted by molar-refractivity contribution is -0.139. The Morgan fingerprint density at radius 1 is 1.18 bits per heavy atom. The van der Waals surface area contributed by atoms with Gasteiger partial charge in [0.05, 0.1) is 17.2 Å². The van der Waals surface area contributed by atoms with E-state index >= 15 is 0 Å². The minimum Gasteiger partial charge on any atom is -0.342 e. The zero-order valence-electron chi connectivity index (χ0n) is 22.9. The number of alkyl halides is 3. The highest BCUT2D eigenvalue weighted by Gasteiger charge is 2.40. The monoisotopic (exact) mass is 538 g/mol. The first-order chi connectivity index (χ1) is 18.2. The predicted molar refractivity (Wildman–Crippen MR) is 142 cm³/mol. The van der Waals surface area contributed by atoms with Crippen molar-refractivity contribution in [3.05, 3.63) is 64.5 Å². The van der Waals surface area contributed by atoms with Crippen LogP contribution >= 0.6 is 0 Å². The second kappa shape index (κ2) is 10.5. The van der Waals surface area contributed by atoms with E-state index in [1.807, 2.05) is 38.7 Å². The first-order valence-corrected chi connectivity index (χ1v) is 13.1. The predicted octanol–water partition coefficient (Wildman–Crippen LogP) is 6.28. The van der Waals surface area contributed by atoms with Crippen molar-refractivity contribution in [1.82, 2.24) is 14.5 Å². The molecule has 1 saturated heterocycles. The van der Waals surface area contributed by atoms with Crippen molar-refractivity contribution in [2.24, 2.45) is 18.4 Å². The second-order valence-electron chi connectivity index (χ2n) is 11.5. The van der Waals surface area contributed by atoms with Crippen molar-refractivity contribution < 1.29 is 22.8 Å². The van der Waals surface area contributed by atoms with Gasteiger partial charge in [0.2, 0.25) is 5.91 Å². The van der Waals surface area contributed by atoms with E-state index in [1.54, 1.807) is 17.8 Å². The lowest BCUT2D eigenvalue weighted by Gasteiger charge is -2.37. The van der Waals surface area contributed by atoms with Gasteiger partial charge in [0, 0.05) is 55.8 Å². The molecule has 9 heteroatoms. The van der Waals surface area contributed by atoms with Crippen LogP contribution in [-0.2, 0) is 24.4 Å². The molecule has 0 saturated carbocycles. The number of aryl methyl sites for hydroxylation is 1. The van der Waals surface area contributed by atoms with Gasteiger partial charge in [0.15, 0.2) is 5.78 Å². The van der Waals surface area contributed by atoms with Gasteiger partial charge in [-0.1, -0.05) is 39.8 Å². The van der Waals surface area contributed by atoms with Crippen LogP contribution in [0.3, 0.4) is 0 Å².